The van der Waals surface area contributed by atoms with E-state index in [0.29, 0.717) is 6.61 Å². The van der Waals surface area contributed by atoms with Crippen LogP contribution in [0.5, 0.6) is 5.75 Å². The molecule has 1 N–H and O–H groups in total. The first-order valence-corrected chi connectivity index (χ1v) is 7.82. The molecular weight excluding hydrogens is 282 g/mol. The molecule has 21 heavy (non-hydrogen) atoms. The fraction of sp³-hybridized carbons (Fsp3) is 0.235. The Morgan fingerprint density at radius 3 is 2.43 bits per heavy atom. The molecule has 0 aliphatic heterocycles. The molecule has 1 atom stereocenters. The first-order chi connectivity index (χ1) is 10.2. The summed E-state index contributed by atoms with van der Waals surface area (Å²) < 4.78 is 5.38. The lowest BCUT2D eigenvalue weighted by atomic mass is 10.3. The Morgan fingerprint density at radius 1 is 1.14 bits per heavy atom. The number of rotatable bonds is 6. The molecule has 0 saturated carbocycles. The molecule has 3 nitrogen and oxygen atoms in total. The highest BCUT2D eigenvalue weighted by Crippen LogP contribution is 2.24. The van der Waals surface area contributed by atoms with Gasteiger partial charge in [-0.25, -0.2) is 0 Å². The maximum absolute atomic E-state index is 12.2. The molecule has 2 aromatic rings. The summed E-state index contributed by atoms with van der Waals surface area (Å²) in [4.78, 5) is 13.3. The van der Waals surface area contributed by atoms with Crippen molar-refractivity contribution in [1.29, 1.82) is 0 Å². The predicted molar refractivity (Wildman–Crippen MR) is 88.0 cm³/mol. The zero-order valence-corrected chi connectivity index (χ0v) is 13.0. The van der Waals surface area contributed by atoms with E-state index in [9.17, 15) is 4.79 Å². The topological polar surface area (TPSA) is 38.3 Å². The summed E-state index contributed by atoms with van der Waals surface area (Å²) in [5, 5.41) is 2.76. The van der Waals surface area contributed by atoms with Crippen LogP contribution in [0.15, 0.2) is 59.5 Å². The van der Waals surface area contributed by atoms with Crippen molar-refractivity contribution >= 4 is 23.4 Å². The van der Waals surface area contributed by atoms with Gasteiger partial charge in [0.05, 0.1) is 11.9 Å². The van der Waals surface area contributed by atoms with Crippen LogP contribution >= 0.6 is 11.8 Å². The smallest absolute Gasteiger partial charge is 0.237 e. The van der Waals surface area contributed by atoms with Gasteiger partial charge < -0.3 is 10.1 Å². The highest BCUT2D eigenvalue weighted by Gasteiger charge is 2.14. The Kier molecular flexibility index (Phi) is 5.69. The molecule has 0 aliphatic rings. The molecule has 110 valence electrons. The van der Waals surface area contributed by atoms with Crippen LogP contribution in [0.3, 0.4) is 0 Å². The summed E-state index contributed by atoms with van der Waals surface area (Å²) in [6.45, 7) is 4.48. The van der Waals surface area contributed by atoms with Crippen molar-refractivity contribution in [2.45, 2.75) is 24.0 Å². The Labute approximate surface area is 129 Å². The van der Waals surface area contributed by atoms with E-state index < -0.39 is 0 Å². The van der Waals surface area contributed by atoms with Crippen LogP contribution in [-0.4, -0.2) is 17.8 Å². The van der Waals surface area contributed by atoms with Crippen LogP contribution in [0, 0.1) is 0 Å². The molecule has 0 unspecified atom stereocenters. The van der Waals surface area contributed by atoms with Crippen molar-refractivity contribution < 1.29 is 9.53 Å². The number of nitrogens with one attached hydrogen (secondary N) is 1. The van der Waals surface area contributed by atoms with Gasteiger partial charge in [-0.1, -0.05) is 18.2 Å². The van der Waals surface area contributed by atoms with Gasteiger partial charge in [-0.2, -0.15) is 0 Å². The first-order valence-electron chi connectivity index (χ1n) is 6.94. The standard InChI is InChI=1S/C17H19NO2S/c1-3-20-15-11-9-14(10-12-15)18-17(19)13(2)21-16-7-5-4-6-8-16/h4-13H,3H2,1-2H3,(H,18,19)/t13-/m0/s1. The van der Waals surface area contributed by atoms with E-state index in [0.717, 1.165) is 16.3 Å². The molecule has 2 aromatic carbocycles. The summed E-state index contributed by atoms with van der Waals surface area (Å²) in [6, 6.07) is 17.3. The minimum atomic E-state index is -0.154. The van der Waals surface area contributed by atoms with Gasteiger partial charge in [-0.15, -0.1) is 11.8 Å². The molecule has 0 saturated heterocycles. The van der Waals surface area contributed by atoms with Gasteiger partial charge in [0.1, 0.15) is 5.75 Å². The second-order valence-electron chi connectivity index (χ2n) is 4.52. The number of anilines is 1. The van der Waals surface area contributed by atoms with Gasteiger partial charge >= 0.3 is 0 Å². The lowest BCUT2D eigenvalue weighted by Gasteiger charge is -2.12. The van der Waals surface area contributed by atoms with Gasteiger partial charge in [0.2, 0.25) is 5.91 Å². The van der Waals surface area contributed by atoms with E-state index in [2.05, 4.69) is 5.32 Å². The monoisotopic (exact) mass is 301 g/mol. The molecule has 0 heterocycles. The molecule has 0 fully saturated rings. The van der Waals surface area contributed by atoms with Crippen LogP contribution < -0.4 is 10.1 Å². The molecule has 0 aromatic heterocycles. The van der Waals surface area contributed by atoms with Crippen LogP contribution in [0.25, 0.3) is 0 Å². The Hall–Kier alpha value is -1.94. The number of benzene rings is 2. The Morgan fingerprint density at radius 2 is 1.81 bits per heavy atom. The van der Waals surface area contributed by atoms with E-state index in [1.54, 1.807) is 11.8 Å². The van der Waals surface area contributed by atoms with Gasteiger partial charge in [-0.3, -0.25) is 4.79 Å². The number of carbonyl (C=O) groups is 1. The van der Waals surface area contributed by atoms with Gasteiger partial charge in [0, 0.05) is 10.6 Å². The lowest BCUT2D eigenvalue weighted by molar-refractivity contribution is -0.115. The van der Waals surface area contributed by atoms with Crippen molar-refractivity contribution in [3.05, 3.63) is 54.6 Å². The van der Waals surface area contributed by atoms with Crippen LogP contribution in [0.1, 0.15) is 13.8 Å². The number of thioether (sulfide) groups is 1. The average molecular weight is 301 g/mol. The third-order valence-corrected chi connectivity index (χ3v) is 3.97. The summed E-state index contributed by atoms with van der Waals surface area (Å²) in [6.07, 6.45) is 0. The van der Waals surface area contributed by atoms with E-state index >= 15 is 0 Å². The van der Waals surface area contributed by atoms with E-state index in [1.807, 2.05) is 68.4 Å². The maximum Gasteiger partial charge on any atom is 0.237 e. The molecule has 0 spiro atoms. The van der Waals surface area contributed by atoms with Gasteiger partial charge in [-0.05, 0) is 50.2 Å². The number of amides is 1. The third-order valence-electron chi connectivity index (χ3n) is 2.86. The first kappa shape index (κ1) is 15.4. The molecule has 0 bridgehead atoms. The van der Waals surface area contributed by atoms with E-state index in [-0.39, 0.29) is 11.2 Å². The van der Waals surface area contributed by atoms with Crippen molar-refractivity contribution in [2.24, 2.45) is 0 Å². The Bertz CT molecular complexity index is 569. The zero-order valence-electron chi connectivity index (χ0n) is 12.2. The minimum Gasteiger partial charge on any atom is -0.494 e. The number of carbonyl (C=O) groups excluding carboxylic acids is 1. The molecule has 0 radical (unpaired) electrons. The van der Waals surface area contributed by atoms with Crippen molar-refractivity contribution in [3.8, 4) is 5.75 Å². The maximum atomic E-state index is 12.2. The van der Waals surface area contributed by atoms with Crippen LogP contribution in [0.2, 0.25) is 0 Å². The highest BCUT2D eigenvalue weighted by molar-refractivity contribution is 8.00. The zero-order chi connectivity index (χ0) is 15.1. The molecule has 4 heteroatoms. The lowest BCUT2D eigenvalue weighted by Crippen LogP contribution is -2.22. The number of hydrogen-bond acceptors (Lipinski definition) is 3. The second kappa shape index (κ2) is 7.74. The highest BCUT2D eigenvalue weighted by atomic mass is 32.2. The van der Waals surface area contributed by atoms with Crippen molar-refractivity contribution in [1.82, 2.24) is 0 Å². The molecule has 2 rings (SSSR count). The molecule has 0 aliphatic carbocycles. The second-order valence-corrected chi connectivity index (χ2v) is 5.93. The van der Waals surface area contributed by atoms with E-state index in [4.69, 9.17) is 4.74 Å². The predicted octanol–water partition coefficient (Wildman–Crippen LogP) is 4.20. The number of ether oxygens (including phenoxy) is 1. The fourth-order valence-corrected chi connectivity index (χ4v) is 2.69. The number of hydrogen-bond donors (Lipinski definition) is 1. The largest absolute Gasteiger partial charge is 0.494 e. The summed E-state index contributed by atoms with van der Waals surface area (Å²) >= 11 is 1.55. The quantitative estimate of drug-likeness (QED) is 0.812. The summed E-state index contributed by atoms with van der Waals surface area (Å²) in [5.41, 5.74) is 0.781. The third kappa shape index (κ3) is 4.83. The molecular formula is C17H19NO2S. The van der Waals surface area contributed by atoms with E-state index in [1.165, 1.54) is 0 Å². The summed E-state index contributed by atoms with van der Waals surface area (Å²) in [7, 11) is 0. The van der Waals surface area contributed by atoms with Gasteiger partial charge in [0.25, 0.3) is 0 Å². The van der Waals surface area contributed by atoms with Gasteiger partial charge in [0.15, 0.2) is 0 Å². The normalized spacial score (nSPS) is 11.7. The van der Waals surface area contributed by atoms with Crippen LogP contribution in [0.4, 0.5) is 5.69 Å². The summed E-state index contributed by atoms with van der Waals surface area (Å²) in [5.74, 6) is 0.801. The van der Waals surface area contributed by atoms with Crippen molar-refractivity contribution in [3.63, 3.8) is 0 Å². The average Bonchev–Trinajstić information content (AvgIpc) is 2.50. The molecule has 1 amide bonds. The fourth-order valence-electron chi connectivity index (χ4n) is 1.80. The minimum absolute atomic E-state index is 0.00647. The van der Waals surface area contributed by atoms with Crippen molar-refractivity contribution in [2.75, 3.05) is 11.9 Å². The SMILES string of the molecule is CCOc1ccc(NC(=O)[C@H](C)Sc2ccccc2)cc1. The Balaban J connectivity index is 1.91. The van der Waals surface area contributed by atoms with Crippen LogP contribution in [-0.2, 0) is 4.79 Å².